The fraction of sp³-hybridized carbons (Fsp3) is 0.579. The Morgan fingerprint density at radius 3 is 2.44 bits per heavy atom. The number of rotatable bonds is 4. The van der Waals surface area contributed by atoms with Crippen molar-refractivity contribution in [2.45, 2.75) is 70.6 Å². The molecule has 0 aromatic heterocycles. The van der Waals surface area contributed by atoms with Crippen molar-refractivity contribution in [2.24, 2.45) is 0 Å². The van der Waals surface area contributed by atoms with E-state index in [9.17, 15) is 9.59 Å². The Morgan fingerprint density at radius 2 is 1.84 bits per heavy atom. The van der Waals surface area contributed by atoms with Gasteiger partial charge >= 0.3 is 12.1 Å². The summed E-state index contributed by atoms with van der Waals surface area (Å²) in [6.45, 7) is 6.90. The average Bonchev–Trinajstić information content (AvgIpc) is 2.94. The number of carbonyl (C=O) groups excluding carboxylic acids is 2. The molecule has 2 rings (SSSR count). The molecule has 1 fully saturated rings. The maximum absolute atomic E-state index is 12.3. The predicted molar refractivity (Wildman–Crippen MR) is 96.8 cm³/mol. The number of carbonyl (C=O) groups is 2. The minimum atomic E-state index is -0.763. The van der Waals surface area contributed by atoms with Crippen molar-refractivity contribution in [3.8, 4) is 0 Å². The molecule has 138 valence electrons. The largest absolute Gasteiger partial charge is 0.460 e. The fourth-order valence-corrected chi connectivity index (χ4v) is 3.08. The van der Waals surface area contributed by atoms with Gasteiger partial charge in [0.1, 0.15) is 17.7 Å². The van der Waals surface area contributed by atoms with Crippen LogP contribution in [0, 0.1) is 0 Å². The predicted octanol–water partition coefficient (Wildman–Crippen LogP) is 4.43. The summed E-state index contributed by atoms with van der Waals surface area (Å²) in [5.41, 5.74) is 0.506. The Labute approximate surface area is 154 Å². The molecule has 1 aliphatic carbocycles. The maximum atomic E-state index is 12.3. The number of ether oxygens (including phenoxy) is 2. The summed E-state index contributed by atoms with van der Waals surface area (Å²) in [6.07, 6.45) is 1.97. The second-order valence-corrected chi connectivity index (χ2v) is 7.87. The first-order chi connectivity index (χ1) is 11.7. The van der Waals surface area contributed by atoms with Crippen LogP contribution in [0.1, 0.15) is 58.4 Å². The molecule has 5 nitrogen and oxygen atoms in total. The SMILES string of the molecule is CC(NC(=O)OC(C)(C)C)C(=O)O[C@H]1CCC[C@@H]1c1ccc(Cl)cc1. The van der Waals surface area contributed by atoms with Crippen LogP contribution < -0.4 is 5.32 Å². The summed E-state index contributed by atoms with van der Waals surface area (Å²) >= 11 is 5.94. The first-order valence-corrected chi connectivity index (χ1v) is 8.99. The van der Waals surface area contributed by atoms with Gasteiger partial charge in [-0.2, -0.15) is 0 Å². The molecule has 0 aliphatic heterocycles. The molecule has 3 atom stereocenters. The van der Waals surface area contributed by atoms with Crippen LogP contribution in [-0.4, -0.2) is 29.8 Å². The molecule has 6 heteroatoms. The smallest absolute Gasteiger partial charge is 0.408 e. The van der Waals surface area contributed by atoms with Crippen molar-refractivity contribution < 1.29 is 19.1 Å². The number of esters is 1. The van der Waals surface area contributed by atoms with Crippen LogP contribution in [0.2, 0.25) is 5.02 Å². The van der Waals surface area contributed by atoms with Gasteiger partial charge in [-0.05, 0) is 64.7 Å². The first-order valence-electron chi connectivity index (χ1n) is 8.61. The zero-order valence-corrected chi connectivity index (χ0v) is 15.9. The van der Waals surface area contributed by atoms with Crippen LogP contribution in [0.4, 0.5) is 4.79 Å². The monoisotopic (exact) mass is 367 g/mol. The van der Waals surface area contributed by atoms with Gasteiger partial charge in [0.25, 0.3) is 0 Å². The van der Waals surface area contributed by atoms with Crippen LogP contribution >= 0.6 is 11.6 Å². The first kappa shape index (κ1) is 19.6. The van der Waals surface area contributed by atoms with E-state index in [1.165, 1.54) is 0 Å². The fourth-order valence-electron chi connectivity index (χ4n) is 2.95. The molecule has 1 aromatic carbocycles. The van der Waals surface area contributed by atoms with Crippen molar-refractivity contribution in [3.63, 3.8) is 0 Å². The molecule has 0 spiro atoms. The molecule has 25 heavy (non-hydrogen) atoms. The van der Waals surface area contributed by atoms with Crippen molar-refractivity contribution in [1.29, 1.82) is 0 Å². The number of alkyl carbamates (subject to hydrolysis) is 1. The normalized spacial score (nSPS) is 21.5. The third kappa shape index (κ3) is 5.92. The number of halogens is 1. The zero-order valence-electron chi connectivity index (χ0n) is 15.2. The molecule has 1 unspecified atom stereocenters. The molecular weight excluding hydrogens is 342 g/mol. The van der Waals surface area contributed by atoms with Gasteiger partial charge in [-0.15, -0.1) is 0 Å². The minimum absolute atomic E-state index is 0.162. The van der Waals surface area contributed by atoms with E-state index in [1.807, 2.05) is 24.3 Å². The molecule has 0 saturated heterocycles. The van der Waals surface area contributed by atoms with Gasteiger partial charge in [0.15, 0.2) is 0 Å². The van der Waals surface area contributed by atoms with E-state index in [0.29, 0.717) is 5.02 Å². The van der Waals surface area contributed by atoms with Gasteiger partial charge in [-0.25, -0.2) is 9.59 Å². The molecule has 1 aliphatic rings. The molecule has 0 bridgehead atoms. The lowest BCUT2D eigenvalue weighted by Crippen LogP contribution is -2.43. The lowest BCUT2D eigenvalue weighted by atomic mass is 9.96. The number of amides is 1. The maximum Gasteiger partial charge on any atom is 0.408 e. The Hall–Kier alpha value is -1.75. The lowest BCUT2D eigenvalue weighted by molar-refractivity contribution is -0.151. The molecule has 0 heterocycles. The van der Waals surface area contributed by atoms with E-state index in [1.54, 1.807) is 27.7 Å². The highest BCUT2D eigenvalue weighted by atomic mass is 35.5. The number of hydrogen-bond acceptors (Lipinski definition) is 4. The zero-order chi connectivity index (χ0) is 18.6. The molecule has 1 saturated carbocycles. The Bertz CT molecular complexity index is 609. The summed E-state index contributed by atoms with van der Waals surface area (Å²) in [5, 5.41) is 3.20. The van der Waals surface area contributed by atoms with Gasteiger partial charge in [0.2, 0.25) is 0 Å². The Balaban J connectivity index is 1.92. The highest BCUT2D eigenvalue weighted by Gasteiger charge is 2.33. The number of hydrogen-bond donors (Lipinski definition) is 1. The molecule has 1 N–H and O–H groups in total. The Morgan fingerprint density at radius 1 is 1.20 bits per heavy atom. The summed E-state index contributed by atoms with van der Waals surface area (Å²) < 4.78 is 10.8. The minimum Gasteiger partial charge on any atom is -0.460 e. The summed E-state index contributed by atoms with van der Waals surface area (Å²) in [5.74, 6) is -0.285. The van der Waals surface area contributed by atoms with Crippen molar-refractivity contribution in [2.75, 3.05) is 0 Å². The van der Waals surface area contributed by atoms with E-state index < -0.39 is 23.7 Å². The van der Waals surface area contributed by atoms with Gasteiger partial charge in [0, 0.05) is 10.9 Å². The van der Waals surface area contributed by atoms with Crippen LogP contribution in [0.5, 0.6) is 0 Å². The van der Waals surface area contributed by atoms with Gasteiger partial charge in [-0.1, -0.05) is 23.7 Å². The van der Waals surface area contributed by atoms with Crippen LogP contribution in [-0.2, 0) is 14.3 Å². The van der Waals surface area contributed by atoms with Crippen LogP contribution in [0.3, 0.4) is 0 Å². The third-order valence-electron chi connectivity index (χ3n) is 4.11. The number of nitrogens with one attached hydrogen (secondary N) is 1. The van der Waals surface area contributed by atoms with Crippen LogP contribution in [0.25, 0.3) is 0 Å². The quantitative estimate of drug-likeness (QED) is 0.799. The van der Waals surface area contributed by atoms with Crippen LogP contribution in [0.15, 0.2) is 24.3 Å². The van der Waals surface area contributed by atoms with E-state index in [2.05, 4.69) is 5.32 Å². The van der Waals surface area contributed by atoms with Gasteiger partial charge < -0.3 is 14.8 Å². The van der Waals surface area contributed by atoms with Crippen molar-refractivity contribution in [1.82, 2.24) is 5.32 Å². The summed E-state index contributed by atoms with van der Waals surface area (Å²) in [7, 11) is 0. The molecule has 0 radical (unpaired) electrons. The van der Waals surface area contributed by atoms with E-state index in [4.69, 9.17) is 21.1 Å². The second-order valence-electron chi connectivity index (χ2n) is 7.43. The van der Waals surface area contributed by atoms with E-state index in [0.717, 1.165) is 24.8 Å². The van der Waals surface area contributed by atoms with Crippen molar-refractivity contribution >= 4 is 23.7 Å². The highest BCUT2D eigenvalue weighted by Crippen LogP contribution is 2.37. The molecule has 1 amide bonds. The Kier molecular flexibility index (Phi) is 6.33. The average molecular weight is 368 g/mol. The number of benzene rings is 1. The molecule has 1 aromatic rings. The van der Waals surface area contributed by atoms with Gasteiger partial charge in [-0.3, -0.25) is 0 Å². The van der Waals surface area contributed by atoms with Crippen molar-refractivity contribution in [3.05, 3.63) is 34.9 Å². The topological polar surface area (TPSA) is 64.6 Å². The summed E-state index contributed by atoms with van der Waals surface area (Å²) in [4.78, 5) is 24.1. The highest BCUT2D eigenvalue weighted by molar-refractivity contribution is 6.30. The van der Waals surface area contributed by atoms with E-state index >= 15 is 0 Å². The van der Waals surface area contributed by atoms with Gasteiger partial charge in [0.05, 0.1) is 0 Å². The lowest BCUT2D eigenvalue weighted by Gasteiger charge is -2.24. The van der Waals surface area contributed by atoms with E-state index in [-0.39, 0.29) is 12.0 Å². The third-order valence-corrected chi connectivity index (χ3v) is 4.36. The molecular formula is C19H26ClNO4. The second kappa shape index (κ2) is 8.09. The standard InChI is InChI=1S/C19H26ClNO4/c1-12(21-18(23)25-19(2,3)4)17(22)24-16-7-5-6-15(16)13-8-10-14(20)11-9-13/h8-12,15-16H,5-7H2,1-4H3,(H,21,23)/t12?,15-,16+/m1/s1. The summed E-state index contributed by atoms with van der Waals surface area (Å²) in [6, 6.07) is 6.88.